The van der Waals surface area contributed by atoms with E-state index in [0.717, 1.165) is 16.9 Å². The topological polar surface area (TPSA) is 45.6 Å². The van der Waals surface area contributed by atoms with Crippen LogP contribution in [0.1, 0.15) is 11.1 Å². The monoisotopic (exact) mass is 305 g/mol. The Morgan fingerprint density at radius 3 is 2.80 bits per heavy atom. The third-order valence-electron chi connectivity index (χ3n) is 2.54. The van der Waals surface area contributed by atoms with Crippen LogP contribution in [0.3, 0.4) is 0 Å². The maximum atomic E-state index is 5.14. The standard InChI is InChI=1S/C14H15N3OS2/c1-18-13-4-2-11(3-5-13)8-15-14(19)17-16-9-12-6-7-20-10-12/h2-7,9-10H,8H2,1H3,(H2,15,17,19)/b16-9-. The molecule has 2 aromatic rings. The number of rotatable bonds is 5. The van der Waals surface area contributed by atoms with Gasteiger partial charge in [0, 0.05) is 12.1 Å². The summed E-state index contributed by atoms with van der Waals surface area (Å²) >= 11 is 6.77. The minimum absolute atomic E-state index is 0.493. The quantitative estimate of drug-likeness (QED) is 0.506. The van der Waals surface area contributed by atoms with Gasteiger partial charge in [-0.05, 0) is 46.7 Å². The number of hydrogen-bond donors (Lipinski definition) is 2. The van der Waals surface area contributed by atoms with Gasteiger partial charge in [-0.3, -0.25) is 5.43 Å². The first-order chi connectivity index (χ1) is 9.78. The van der Waals surface area contributed by atoms with E-state index in [9.17, 15) is 0 Å². The number of thiocarbonyl (C=S) groups is 1. The molecule has 0 atom stereocenters. The molecule has 0 saturated carbocycles. The van der Waals surface area contributed by atoms with Crippen molar-refractivity contribution in [2.75, 3.05) is 7.11 Å². The van der Waals surface area contributed by atoms with Crippen LogP contribution in [0.25, 0.3) is 0 Å². The normalized spacial score (nSPS) is 10.4. The van der Waals surface area contributed by atoms with Gasteiger partial charge in [0.25, 0.3) is 0 Å². The minimum atomic E-state index is 0.493. The second-order valence-corrected chi connectivity index (χ2v) is 5.15. The van der Waals surface area contributed by atoms with Crippen LogP contribution in [-0.2, 0) is 6.54 Å². The largest absolute Gasteiger partial charge is 0.497 e. The van der Waals surface area contributed by atoms with Crippen molar-refractivity contribution >= 4 is 34.9 Å². The van der Waals surface area contributed by atoms with Gasteiger partial charge >= 0.3 is 0 Å². The average Bonchev–Trinajstić information content (AvgIpc) is 2.99. The van der Waals surface area contributed by atoms with E-state index < -0.39 is 0 Å². The first kappa shape index (κ1) is 14.5. The lowest BCUT2D eigenvalue weighted by atomic mass is 10.2. The van der Waals surface area contributed by atoms with Gasteiger partial charge in [-0.25, -0.2) is 0 Å². The highest BCUT2D eigenvalue weighted by Crippen LogP contribution is 2.10. The van der Waals surface area contributed by atoms with E-state index in [4.69, 9.17) is 17.0 Å². The second kappa shape index (κ2) is 7.62. The SMILES string of the molecule is COc1ccc(CNC(=S)N/N=C\c2ccsc2)cc1. The molecular formula is C14H15N3OS2. The lowest BCUT2D eigenvalue weighted by Crippen LogP contribution is -2.31. The summed E-state index contributed by atoms with van der Waals surface area (Å²) in [6.07, 6.45) is 1.73. The highest BCUT2D eigenvalue weighted by atomic mass is 32.1. The van der Waals surface area contributed by atoms with Crippen LogP contribution < -0.4 is 15.5 Å². The maximum Gasteiger partial charge on any atom is 0.187 e. The van der Waals surface area contributed by atoms with E-state index in [1.54, 1.807) is 24.7 Å². The summed E-state index contributed by atoms with van der Waals surface area (Å²) in [6.45, 7) is 0.643. The van der Waals surface area contributed by atoms with Gasteiger partial charge < -0.3 is 10.1 Å². The zero-order valence-corrected chi connectivity index (χ0v) is 12.6. The van der Waals surface area contributed by atoms with Crippen LogP contribution in [0.2, 0.25) is 0 Å². The fourth-order valence-electron chi connectivity index (χ4n) is 1.48. The van der Waals surface area contributed by atoms with Crippen LogP contribution >= 0.6 is 23.6 Å². The molecule has 0 bridgehead atoms. The first-order valence-corrected chi connectivity index (χ1v) is 7.35. The van der Waals surface area contributed by atoms with Crippen LogP contribution in [0.4, 0.5) is 0 Å². The predicted octanol–water partition coefficient (Wildman–Crippen LogP) is 2.75. The zero-order valence-electron chi connectivity index (χ0n) is 11.0. The molecule has 0 fully saturated rings. The molecule has 4 nitrogen and oxygen atoms in total. The Balaban J connectivity index is 1.74. The molecule has 0 spiro atoms. The molecule has 0 radical (unpaired) electrons. The third-order valence-corrected chi connectivity index (χ3v) is 3.47. The van der Waals surface area contributed by atoms with Crippen molar-refractivity contribution < 1.29 is 4.74 Å². The van der Waals surface area contributed by atoms with Crippen LogP contribution in [-0.4, -0.2) is 18.4 Å². The second-order valence-electron chi connectivity index (χ2n) is 3.96. The molecule has 0 unspecified atom stereocenters. The molecule has 2 N–H and O–H groups in total. The van der Waals surface area contributed by atoms with Crippen molar-refractivity contribution in [3.05, 3.63) is 52.2 Å². The van der Waals surface area contributed by atoms with Crippen LogP contribution in [0, 0.1) is 0 Å². The molecule has 0 amide bonds. The lowest BCUT2D eigenvalue weighted by Gasteiger charge is -2.07. The number of methoxy groups -OCH3 is 1. The molecule has 104 valence electrons. The first-order valence-electron chi connectivity index (χ1n) is 6.00. The van der Waals surface area contributed by atoms with Gasteiger partial charge in [0.05, 0.1) is 13.3 Å². The molecule has 0 aliphatic rings. The molecule has 2 rings (SSSR count). The molecule has 6 heteroatoms. The van der Waals surface area contributed by atoms with Gasteiger partial charge in [-0.1, -0.05) is 12.1 Å². The van der Waals surface area contributed by atoms with Crippen molar-refractivity contribution in [3.8, 4) is 5.75 Å². The lowest BCUT2D eigenvalue weighted by molar-refractivity contribution is 0.414. The number of nitrogens with zero attached hydrogens (tertiary/aromatic N) is 1. The summed E-state index contributed by atoms with van der Waals surface area (Å²) in [6, 6.07) is 9.81. The molecule has 0 aliphatic carbocycles. The Morgan fingerprint density at radius 1 is 1.35 bits per heavy atom. The van der Waals surface area contributed by atoms with Gasteiger partial charge in [0.1, 0.15) is 5.75 Å². The smallest absolute Gasteiger partial charge is 0.187 e. The van der Waals surface area contributed by atoms with E-state index in [1.165, 1.54) is 0 Å². The van der Waals surface area contributed by atoms with Crippen LogP contribution in [0.5, 0.6) is 5.75 Å². The molecule has 1 heterocycles. The number of nitrogens with one attached hydrogen (secondary N) is 2. The van der Waals surface area contributed by atoms with Crippen molar-refractivity contribution in [2.45, 2.75) is 6.54 Å². The Labute approximate surface area is 127 Å². The molecule has 20 heavy (non-hydrogen) atoms. The van der Waals surface area contributed by atoms with E-state index in [2.05, 4.69) is 15.8 Å². The summed E-state index contributed by atoms with van der Waals surface area (Å²) in [5, 5.41) is 11.7. The predicted molar refractivity (Wildman–Crippen MR) is 87.5 cm³/mol. The number of benzene rings is 1. The molecule has 1 aromatic carbocycles. The van der Waals surface area contributed by atoms with Crippen LogP contribution in [0.15, 0.2) is 46.2 Å². The summed E-state index contributed by atoms with van der Waals surface area (Å²) in [7, 11) is 1.65. The maximum absolute atomic E-state index is 5.14. The molecule has 0 aliphatic heterocycles. The summed E-state index contributed by atoms with van der Waals surface area (Å²) in [5.41, 5.74) is 4.96. The highest BCUT2D eigenvalue weighted by Gasteiger charge is 1.96. The van der Waals surface area contributed by atoms with Gasteiger partial charge in [-0.2, -0.15) is 16.4 Å². The average molecular weight is 305 g/mol. The van der Waals surface area contributed by atoms with Gasteiger partial charge in [0.2, 0.25) is 0 Å². The minimum Gasteiger partial charge on any atom is -0.497 e. The van der Waals surface area contributed by atoms with E-state index in [-0.39, 0.29) is 0 Å². The third kappa shape index (κ3) is 4.64. The molecule has 0 saturated heterocycles. The van der Waals surface area contributed by atoms with Gasteiger partial charge in [-0.15, -0.1) is 0 Å². The fourth-order valence-corrected chi connectivity index (χ4v) is 2.21. The molecular weight excluding hydrogens is 290 g/mol. The van der Waals surface area contributed by atoms with Crippen molar-refractivity contribution in [3.63, 3.8) is 0 Å². The zero-order chi connectivity index (χ0) is 14.2. The van der Waals surface area contributed by atoms with E-state index >= 15 is 0 Å². The highest BCUT2D eigenvalue weighted by molar-refractivity contribution is 7.80. The van der Waals surface area contributed by atoms with E-state index in [1.807, 2.05) is 41.1 Å². The number of thiophene rings is 1. The van der Waals surface area contributed by atoms with Gasteiger partial charge in [0.15, 0.2) is 5.11 Å². The Morgan fingerprint density at radius 2 is 2.15 bits per heavy atom. The Hall–Kier alpha value is -1.92. The van der Waals surface area contributed by atoms with Crippen molar-refractivity contribution in [2.24, 2.45) is 5.10 Å². The van der Waals surface area contributed by atoms with Crippen molar-refractivity contribution in [1.29, 1.82) is 0 Å². The number of hydrazone groups is 1. The number of hydrogen-bond acceptors (Lipinski definition) is 4. The molecule has 1 aromatic heterocycles. The Kier molecular flexibility index (Phi) is 5.52. The van der Waals surface area contributed by atoms with E-state index in [0.29, 0.717) is 11.7 Å². The Bertz CT molecular complexity index is 565. The summed E-state index contributed by atoms with van der Waals surface area (Å²) in [4.78, 5) is 0. The fraction of sp³-hybridized carbons (Fsp3) is 0.143. The van der Waals surface area contributed by atoms with Crippen molar-refractivity contribution in [1.82, 2.24) is 10.7 Å². The summed E-state index contributed by atoms with van der Waals surface area (Å²) < 4.78 is 5.11. The summed E-state index contributed by atoms with van der Waals surface area (Å²) in [5.74, 6) is 0.842. The number of ether oxygens (including phenoxy) is 1.